The molecule has 0 atom stereocenters. The first-order chi connectivity index (χ1) is 17.9. The number of carbonyl (C=O) groups excluding carboxylic acids is 1. The molecule has 0 aliphatic carbocycles. The molecule has 0 fully saturated rings. The van der Waals surface area contributed by atoms with Crippen LogP contribution in [0.15, 0.2) is 72.8 Å². The number of ether oxygens (including phenoxy) is 3. The lowest BCUT2D eigenvalue weighted by Gasteiger charge is -2.11. The van der Waals surface area contributed by atoms with Crippen LogP contribution in [0, 0.1) is 10.1 Å². The number of benzene rings is 3. The molecule has 1 amide bonds. The van der Waals surface area contributed by atoms with Gasteiger partial charge in [-0.25, -0.2) is 4.68 Å². The fourth-order valence-electron chi connectivity index (χ4n) is 3.83. The van der Waals surface area contributed by atoms with Crippen molar-refractivity contribution in [2.75, 3.05) is 27.9 Å². The van der Waals surface area contributed by atoms with Crippen molar-refractivity contribution in [3.05, 3.63) is 94.2 Å². The number of carbonyl (C=O) groups is 1. The Balaban J connectivity index is 1.60. The third-order valence-corrected chi connectivity index (χ3v) is 5.76. The van der Waals surface area contributed by atoms with Crippen molar-refractivity contribution in [2.24, 2.45) is 0 Å². The van der Waals surface area contributed by atoms with E-state index in [1.165, 1.54) is 16.8 Å². The molecule has 0 unspecified atom stereocenters. The third-order valence-electron chi connectivity index (χ3n) is 5.76. The van der Waals surface area contributed by atoms with Crippen LogP contribution in [0.5, 0.6) is 17.2 Å². The Morgan fingerprint density at radius 1 is 0.946 bits per heavy atom. The van der Waals surface area contributed by atoms with Crippen LogP contribution in [0.2, 0.25) is 0 Å². The maximum atomic E-state index is 13.2. The number of non-ortho nitro benzene ring substituents is 1. The van der Waals surface area contributed by atoms with Gasteiger partial charge in [-0.05, 0) is 54.4 Å². The number of aromatic nitrogens is 2. The summed E-state index contributed by atoms with van der Waals surface area (Å²) in [6.07, 6.45) is 0.570. The van der Waals surface area contributed by atoms with Crippen LogP contribution in [0.3, 0.4) is 0 Å². The van der Waals surface area contributed by atoms with Crippen molar-refractivity contribution in [1.29, 1.82) is 0 Å². The van der Waals surface area contributed by atoms with Gasteiger partial charge in [0, 0.05) is 24.2 Å². The van der Waals surface area contributed by atoms with Gasteiger partial charge < -0.3 is 19.5 Å². The number of nitro benzene ring substituents is 1. The smallest absolute Gasteiger partial charge is 0.270 e. The van der Waals surface area contributed by atoms with Crippen molar-refractivity contribution in [1.82, 2.24) is 15.1 Å². The van der Waals surface area contributed by atoms with E-state index in [0.717, 1.165) is 11.1 Å². The van der Waals surface area contributed by atoms with Gasteiger partial charge in [0.15, 0.2) is 11.5 Å². The van der Waals surface area contributed by atoms with Gasteiger partial charge in [0.05, 0.1) is 37.6 Å². The molecule has 0 radical (unpaired) electrons. The molecule has 10 nitrogen and oxygen atoms in total. The average Bonchev–Trinajstić information content (AvgIpc) is 3.38. The molecule has 0 spiro atoms. The van der Waals surface area contributed by atoms with Gasteiger partial charge >= 0.3 is 0 Å². The van der Waals surface area contributed by atoms with Gasteiger partial charge in [-0.3, -0.25) is 14.9 Å². The van der Waals surface area contributed by atoms with Crippen molar-refractivity contribution >= 4 is 11.6 Å². The first kappa shape index (κ1) is 25.2. The van der Waals surface area contributed by atoms with Crippen LogP contribution >= 0.6 is 0 Å². The summed E-state index contributed by atoms with van der Waals surface area (Å²) in [5.41, 5.74) is 3.05. The summed E-state index contributed by atoms with van der Waals surface area (Å²) < 4.78 is 17.4. The summed E-state index contributed by atoms with van der Waals surface area (Å²) in [5, 5.41) is 18.6. The summed E-state index contributed by atoms with van der Waals surface area (Å²) in [6.45, 7) is 0.369. The molecule has 1 heterocycles. The van der Waals surface area contributed by atoms with Gasteiger partial charge in [-0.15, -0.1) is 0 Å². The number of rotatable bonds is 10. The molecule has 4 rings (SSSR count). The van der Waals surface area contributed by atoms with E-state index in [-0.39, 0.29) is 11.6 Å². The standard InChI is InChI=1S/C27H26N4O6/c1-35-22-6-4-5-19(16-22)23-17-24(30(29-23)20-8-10-21(11-9-20)31(33)34)27(32)28-14-13-18-7-12-25(36-2)26(15-18)37-3/h4-12,15-17H,13-14H2,1-3H3,(H,28,32). The van der Waals surface area contributed by atoms with E-state index in [1.54, 1.807) is 39.5 Å². The van der Waals surface area contributed by atoms with Crippen molar-refractivity contribution < 1.29 is 23.9 Å². The molecule has 4 aromatic rings. The largest absolute Gasteiger partial charge is 0.497 e. The maximum absolute atomic E-state index is 13.2. The Kier molecular flexibility index (Phi) is 7.68. The topological polar surface area (TPSA) is 118 Å². The maximum Gasteiger partial charge on any atom is 0.270 e. The lowest BCUT2D eigenvalue weighted by Crippen LogP contribution is -2.27. The molecule has 1 N–H and O–H groups in total. The molecule has 0 saturated heterocycles. The average molecular weight is 503 g/mol. The third kappa shape index (κ3) is 5.69. The molecule has 1 aromatic heterocycles. The molecule has 0 saturated carbocycles. The number of methoxy groups -OCH3 is 3. The Bertz CT molecular complexity index is 1410. The first-order valence-electron chi connectivity index (χ1n) is 11.4. The highest BCUT2D eigenvalue weighted by atomic mass is 16.6. The predicted molar refractivity (Wildman–Crippen MR) is 138 cm³/mol. The van der Waals surface area contributed by atoms with E-state index >= 15 is 0 Å². The van der Waals surface area contributed by atoms with Gasteiger partial charge in [0.2, 0.25) is 0 Å². The quantitative estimate of drug-likeness (QED) is 0.251. The minimum Gasteiger partial charge on any atom is -0.497 e. The second-order valence-electron chi connectivity index (χ2n) is 8.03. The van der Waals surface area contributed by atoms with Gasteiger partial charge in [0.25, 0.3) is 11.6 Å². The second-order valence-corrected chi connectivity index (χ2v) is 8.03. The SMILES string of the molecule is COc1cccc(-c2cc(C(=O)NCCc3ccc(OC)c(OC)c3)n(-c3ccc([N+](=O)[O-])cc3)n2)c1. The van der Waals surface area contributed by atoms with E-state index < -0.39 is 4.92 Å². The number of hydrogen-bond acceptors (Lipinski definition) is 7. The molecule has 10 heteroatoms. The Morgan fingerprint density at radius 3 is 2.38 bits per heavy atom. The Labute approximate surface area is 213 Å². The summed E-state index contributed by atoms with van der Waals surface area (Å²) >= 11 is 0. The van der Waals surface area contributed by atoms with Crippen LogP contribution in [0.1, 0.15) is 16.1 Å². The van der Waals surface area contributed by atoms with E-state index in [2.05, 4.69) is 10.4 Å². The minimum atomic E-state index is -0.476. The van der Waals surface area contributed by atoms with Crippen LogP contribution in [-0.4, -0.2) is 48.5 Å². The van der Waals surface area contributed by atoms with Crippen LogP contribution in [0.25, 0.3) is 16.9 Å². The summed E-state index contributed by atoms with van der Waals surface area (Å²) in [5.74, 6) is 1.57. The molecule has 190 valence electrons. The molecule has 0 aliphatic rings. The zero-order valence-electron chi connectivity index (χ0n) is 20.6. The van der Waals surface area contributed by atoms with Gasteiger partial charge in [-0.2, -0.15) is 5.10 Å². The second kappa shape index (κ2) is 11.3. The molecule has 0 bridgehead atoms. The Hall–Kier alpha value is -4.86. The highest BCUT2D eigenvalue weighted by Gasteiger charge is 2.19. The van der Waals surface area contributed by atoms with E-state index in [9.17, 15) is 14.9 Å². The number of nitrogens with one attached hydrogen (secondary N) is 1. The lowest BCUT2D eigenvalue weighted by molar-refractivity contribution is -0.384. The number of amides is 1. The zero-order chi connectivity index (χ0) is 26.4. The highest BCUT2D eigenvalue weighted by Crippen LogP contribution is 2.28. The highest BCUT2D eigenvalue weighted by molar-refractivity contribution is 5.94. The molecular weight excluding hydrogens is 476 g/mol. The Morgan fingerprint density at radius 2 is 1.70 bits per heavy atom. The summed E-state index contributed by atoms with van der Waals surface area (Å²) in [4.78, 5) is 23.8. The summed E-state index contributed by atoms with van der Waals surface area (Å²) in [6, 6.07) is 20.5. The van der Waals surface area contributed by atoms with Gasteiger partial charge in [-0.1, -0.05) is 18.2 Å². The van der Waals surface area contributed by atoms with Crippen LogP contribution in [0.4, 0.5) is 5.69 Å². The monoisotopic (exact) mass is 502 g/mol. The normalized spacial score (nSPS) is 10.6. The van der Waals surface area contributed by atoms with Crippen molar-refractivity contribution in [2.45, 2.75) is 6.42 Å². The van der Waals surface area contributed by atoms with E-state index in [0.29, 0.717) is 47.3 Å². The number of nitro groups is 1. The molecule has 3 aromatic carbocycles. The fraction of sp³-hybridized carbons (Fsp3) is 0.185. The van der Waals surface area contributed by atoms with E-state index in [1.807, 2.05) is 42.5 Å². The van der Waals surface area contributed by atoms with Crippen LogP contribution < -0.4 is 19.5 Å². The van der Waals surface area contributed by atoms with Crippen molar-refractivity contribution in [3.8, 4) is 34.2 Å². The molecular formula is C27H26N4O6. The number of hydrogen-bond donors (Lipinski definition) is 1. The zero-order valence-corrected chi connectivity index (χ0v) is 20.6. The number of nitrogens with zero attached hydrogens (tertiary/aromatic N) is 3. The predicted octanol–water partition coefficient (Wildman–Crippen LogP) is 4.45. The van der Waals surface area contributed by atoms with E-state index in [4.69, 9.17) is 14.2 Å². The molecule has 0 aliphatic heterocycles. The minimum absolute atomic E-state index is 0.0511. The van der Waals surface area contributed by atoms with Crippen molar-refractivity contribution in [3.63, 3.8) is 0 Å². The first-order valence-corrected chi connectivity index (χ1v) is 11.4. The fourth-order valence-corrected chi connectivity index (χ4v) is 3.83. The van der Waals surface area contributed by atoms with Crippen LogP contribution in [-0.2, 0) is 6.42 Å². The summed E-state index contributed by atoms with van der Waals surface area (Å²) in [7, 11) is 4.72. The lowest BCUT2D eigenvalue weighted by atomic mass is 10.1. The van der Waals surface area contributed by atoms with Gasteiger partial charge in [0.1, 0.15) is 11.4 Å². The molecule has 37 heavy (non-hydrogen) atoms.